The van der Waals surface area contributed by atoms with E-state index in [1.165, 1.54) is 0 Å². The van der Waals surface area contributed by atoms with Crippen LogP contribution in [0.2, 0.25) is 5.02 Å². The quantitative estimate of drug-likeness (QED) is 0.810. The van der Waals surface area contributed by atoms with Crippen molar-refractivity contribution in [2.75, 3.05) is 17.7 Å². The predicted octanol–water partition coefficient (Wildman–Crippen LogP) is 3.27. The molecule has 5 nitrogen and oxygen atoms in total. The van der Waals surface area contributed by atoms with Gasteiger partial charge in [0.05, 0.1) is 6.42 Å². The molecule has 2 aromatic rings. The molecule has 0 aliphatic rings. The minimum Gasteiger partial charge on any atom is -0.359 e. The lowest BCUT2D eigenvalue weighted by Gasteiger charge is -2.08. The van der Waals surface area contributed by atoms with Crippen LogP contribution in [-0.2, 0) is 11.2 Å². The maximum absolute atomic E-state index is 11.9. The minimum atomic E-state index is -0.360. The maximum Gasteiger partial charge on any atom is 0.323 e. The molecule has 0 aliphatic carbocycles. The maximum atomic E-state index is 11.9. The Kier molecular flexibility index (Phi) is 5.38. The number of hydrogen-bond donors (Lipinski definition) is 3. The molecule has 2 rings (SSSR count). The largest absolute Gasteiger partial charge is 0.359 e. The minimum absolute atomic E-state index is 0.0561. The second kappa shape index (κ2) is 7.47. The number of carbonyl (C=O) groups is 2. The van der Waals surface area contributed by atoms with Crippen LogP contribution in [0.1, 0.15) is 5.56 Å². The molecule has 0 unspecified atom stereocenters. The van der Waals surface area contributed by atoms with E-state index in [1.807, 2.05) is 0 Å². The number of benzene rings is 2. The molecule has 0 saturated heterocycles. The molecule has 0 heterocycles. The van der Waals surface area contributed by atoms with Crippen LogP contribution in [0.4, 0.5) is 16.2 Å². The van der Waals surface area contributed by atoms with Crippen molar-refractivity contribution in [3.8, 4) is 0 Å². The summed E-state index contributed by atoms with van der Waals surface area (Å²) in [4.78, 5) is 23.1. The molecule has 0 spiro atoms. The van der Waals surface area contributed by atoms with E-state index in [0.29, 0.717) is 22.8 Å². The normalized spacial score (nSPS) is 9.91. The monoisotopic (exact) mass is 317 g/mol. The molecule has 0 fully saturated rings. The topological polar surface area (TPSA) is 70.2 Å². The Balaban J connectivity index is 1.93. The van der Waals surface area contributed by atoms with Gasteiger partial charge in [-0.2, -0.15) is 0 Å². The van der Waals surface area contributed by atoms with Crippen LogP contribution in [0.15, 0.2) is 48.5 Å². The fraction of sp³-hybridized carbons (Fsp3) is 0.125. The van der Waals surface area contributed by atoms with Gasteiger partial charge in [0.1, 0.15) is 0 Å². The number of carbonyl (C=O) groups excluding carboxylic acids is 2. The first-order chi connectivity index (χ1) is 10.6. The number of likely N-dealkylation sites (N-methyl/N-ethyl adjacent to an activating group) is 1. The first-order valence-electron chi connectivity index (χ1n) is 6.70. The highest BCUT2D eigenvalue weighted by atomic mass is 35.5. The Bertz CT molecular complexity index is 671. The first kappa shape index (κ1) is 15.9. The Morgan fingerprint density at radius 2 is 1.68 bits per heavy atom. The Labute approximate surface area is 133 Å². The fourth-order valence-electron chi connectivity index (χ4n) is 1.84. The van der Waals surface area contributed by atoms with Gasteiger partial charge in [-0.05, 0) is 35.9 Å². The molecule has 22 heavy (non-hydrogen) atoms. The number of urea groups is 1. The highest BCUT2D eigenvalue weighted by Crippen LogP contribution is 2.16. The van der Waals surface area contributed by atoms with Crippen LogP contribution in [0.25, 0.3) is 0 Å². The van der Waals surface area contributed by atoms with Gasteiger partial charge >= 0.3 is 6.03 Å². The van der Waals surface area contributed by atoms with Gasteiger partial charge in [-0.25, -0.2) is 4.79 Å². The summed E-state index contributed by atoms with van der Waals surface area (Å²) in [5.74, 6) is -0.0561. The van der Waals surface area contributed by atoms with Crippen molar-refractivity contribution in [2.45, 2.75) is 6.42 Å². The molecule has 0 aliphatic heterocycles. The lowest BCUT2D eigenvalue weighted by atomic mass is 10.1. The number of anilines is 2. The summed E-state index contributed by atoms with van der Waals surface area (Å²) in [6.45, 7) is 0. The second-order valence-electron chi connectivity index (χ2n) is 4.64. The number of rotatable bonds is 4. The highest BCUT2D eigenvalue weighted by Gasteiger charge is 2.04. The van der Waals surface area contributed by atoms with Crippen molar-refractivity contribution in [2.24, 2.45) is 0 Å². The average Bonchev–Trinajstić information content (AvgIpc) is 2.49. The van der Waals surface area contributed by atoms with E-state index in [0.717, 1.165) is 5.56 Å². The van der Waals surface area contributed by atoms with Gasteiger partial charge in [-0.1, -0.05) is 29.8 Å². The Morgan fingerprint density at radius 1 is 1.00 bits per heavy atom. The van der Waals surface area contributed by atoms with E-state index < -0.39 is 0 Å². The van der Waals surface area contributed by atoms with Crippen LogP contribution >= 0.6 is 11.6 Å². The van der Waals surface area contributed by atoms with Gasteiger partial charge < -0.3 is 16.0 Å². The van der Waals surface area contributed by atoms with E-state index in [1.54, 1.807) is 55.6 Å². The Hall–Kier alpha value is -2.53. The van der Waals surface area contributed by atoms with E-state index in [4.69, 9.17) is 11.6 Å². The summed E-state index contributed by atoms with van der Waals surface area (Å²) in [5.41, 5.74) is 2.13. The molecule has 114 valence electrons. The van der Waals surface area contributed by atoms with E-state index >= 15 is 0 Å². The third-order valence-corrected chi connectivity index (χ3v) is 3.17. The van der Waals surface area contributed by atoms with Crippen molar-refractivity contribution >= 4 is 34.9 Å². The van der Waals surface area contributed by atoms with Gasteiger partial charge in [0.25, 0.3) is 0 Å². The lowest BCUT2D eigenvalue weighted by molar-refractivity contribution is -0.119. The molecule has 6 heteroatoms. The summed E-state index contributed by atoms with van der Waals surface area (Å²) in [7, 11) is 1.60. The third-order valence-electron chi connectivity index (χ3n) is 2.94. The zero-order valence-electron chi connectivity index (χ0n) is 12.0. The highest BCUT2D eigenvalue weighted by molar-refractivity contribution is 6.30. The molecule has 0 bridgehead atoms. The van der Waals surface area contributed by atoms with Gasteiger partial charge in [-0.15, -0.1) is 0 Å². The van der Waals surface area contributed by atoms with E-state index in [2.05, 4.69) is 16.0 Å². The van der Waals surface area contributed by atoms with Crippen molar-refractivity contribution in [1.82, 2.24) is 5.32 Å². The molecular formula is C16H16ClN3O2. The molecule has 0 atom stereocenters. The SMILES string of the molecule is CNC(=O)Cc1ccc(NC(=O)Nc2cccc(Cl)c2)cc1. The zero-order valence-corrected chi connectivity index (χ0v) is 12.8. The summed E-state index contributed by atoms with van der Waals surface area (Å²) in [6.07, 6.45) is 0.311. The smallest absolute Gasteiger partial charge is 0.323 e. The molecule has 2 aromatic carbocycles. The third kappa shape index (κ3) is 4.79. The van der Waals surface area contributed by atoms with Crippen LogP contribution in [-0.4, -0.2) is 19.0 Å². The number of amides is 3. The summed E-state index contributed by atoms with van der Waals surface area (Å²) >= 11 is 5.85. The second-order valence-corrected chi connectivity index (χ2v) is 5.07. The van der Waals surface area contributed by atoms with Gasteiger partial charge in [0, 0.05) is 23.4 Å². The van der Waals surface area contributed by atoms with Crippen LogP contribution in [0.3, 0.4) is 0 Å². The molecule has 3 amide bonds. The molecule has 0 aromatic heterocycles. The van der Waals surface area contributed by atoms with Crippen molar-refractivity contribution < 1.29 is 9.59 Å². The first-order valence-corrected chi connectivity index (χ1v) is 7.08. The Morgan fingerprint density at radius 3 is 2.32 bits per heavy atom. The van der Waals surface area contributed by atoms with Crippen molar-refractivity contribution in [3.63, 3.8) is 0 Å². The van der Waals surface area contributed by atoms with E-state index in [9.17, 15) is 9.59 Å². The van der Waals surface area contributed by atoms with Crippen LogP contribution in [0.5, 0.6) is 0 Å². The number of halogens is 1. The predicted molar refractivity (Wildman–Crippen MR) is 88.3 cm³/mol. The van der Waals surface area contributed by atoms with Gasteiger partial charge in [-0.3, -0.25) is 4.79 Å². The number of nitrogens with one attached hydrogen (secondary N) is 3. The fourth-order valence-corrected chi connectivity index (χ4v) is 2.03. The molecular weight excluding hydrogens is 302 g/mol. The zero-order chi connectivity index (χ0) is 15.9. The molecule has 0 radical (unpaired) electrons. The summed E-state index contributed by atoms with van der Waals surface area (Å²) in [5, 5.41) is 8.51. The lowest BCUT2D eigenvalue weighted by Crippen LogP contribution is -2.20. The van der Waals surface area contributed by atoms with E-state index in [-0.39, 0.29) is 11.9 Å². The van der Waals surface area contributed by atoms with Gasteiger partial charge in [0.15, 0.2) is 0 Å². The van der Waals surface area contributed by atoms with Gasteiger partial charge in [0.2, 0.25) is 5.91 Å². The van der Waals surface area contributed by atoms with Crippen molar-refractivity contribution in [3.05, 3.63) is 59.1 Å². The van der Waals surface area contributed by atoms with Crippen LogP contribution in [0, 0.1) is 0 Å². The standard InChI is InChI=1S/C16H16ClN3O2/c1-18-15(21)9-11-5-7-13(8-6-11)19-16(22)20-14-4-2-3-12(17)10-14/h2-8,10H,9H2,1H3,(H,18,21)(H2,19,20,22). The summed E-state index contributed by atoms with van der Waals surface area (Å²) in [6, 6.07) is 13.6. The molecule has 3 N–H and O–H groups in total. The van der Waals surface area contributed by atoms with Crippen LogP contribution < -0.4 is 16.0 Å². The molecule has 0 saturated carbocycles. The number of hydrogen-bond acceptors (Lipinski definition) is 2. The average molecular weight is 318 g/mol. The summed E-state index contributed by atoms with van der Waals surface area (Å²) < 4.78 is 0. The van der Waals surface area contributed by atoms with Crippen molar-refractivity contribution in [1.29, 1.82) is 0 Å².